The van der Waals surface area contributed by atoms with Crippen LogP contribution in [0.2, 0.25) is 0 Å². The molecule has 0 saturated carbocycles. The SMILES string of the molecule is CS(=O)(=O)N1CCOC[C@@]2(C[C@H](CNc3ncccn3)CO2)C1. The monoisotopic (exact) mass is 342 g/mol. The van der Waals surface area contributed by atoms with E-state index in [1.807, 2.05) is 0 Å². The van der Waals surface area contributed by atoms with E-state index in [4.69, 9.17) is 9.47 Å². The smallest absolute Gasteiger partial charge is 0.222 e. The lowest BCUT2D eigenvalue weighted by atomic mass is 9.95. The van der Waals surface area contributed by atoms with Crippen LogP contribution in [-0.2, 0) is 19.5 Å². The van der Waals surface area contributed by atoms with Crippen LogP contribution in [0.4, 0.5) is 5.95 Å². The van der Waals surface area contributed by atoms with Crippen LogP contribution >= 0.6 is 0 Å². The summed E-state index contributed by atoms with van der Waals surface area (Å²) < 4.78 is 36.7. The van der Waals surface area contributed by atoms with Crippen molar-refractivity contribution < 1.29 is 17.9 Å². The van der Waals surface area contributed by atoms with Gasteiger partial charge in [-0.2, -0.15) is 4.31 Å². The Labute approximate surface area is 136 Å². The third kappa shape index (κ3) is 4.17. The Balaban J connectivity index is 1.60. The van der Waals surface area contributed by atoms with Crippen molar-refractivity contribution in [3.63, 3.8) is 0 Å². The predicted molar refractivity (Wildman–Crippen MR) is 84.5 cm³/mol. The van der Waals surface area contributed by atoms with Crippen LogP contribution < -0.4 is 5.32 Å². The molecule has 1 aromatic rings. The van der Waals surface area contributed by atoms with Gasteiger partial charge in [0.15, 0.2) is 0 Å². The summed E-state index contributed by atoms with van der Waals surface area (Å²) in [5.74, 6) is 0.852. The van der Waals surface area contributed by atoms with Gasteiger partial charge in [0.25, 0.3) is 0 Å². The number of hydrogen-bond donors (Lipinski definition) is 1. The van der Waals surface area contributed by atoms with Gasteiger partial charge in [-0.1, -0.05) is 0 Å². The molecule has 2 saturated heterocycles. The van der Waals surface area contributed by atoms with Crippen molar-refractivity contribution in [3.05, 3.63) is 18.5 Å². The molecule has 2 atom stereocenters. The first-order valence-corrected chi connectivity index (χ1v) is 9.49. The summed E-state index contributed by atoms with van der Waals surface area (Å²) in [6, 6.07) is 1.77. The van der Waals surface area contributed by atoms with E-state index in [0.29, 0.717) is 45.4 Å². The van der Waals surface area contributed by atoms with Gasteiger partial charge < -0.3 is 14.8 Å². The maximum Gasteiger partial charge on any atom is 0.222 e. The molecule has 0 aromatic carbocycles. The standard InChI is InChI=1S/C14H22N4O4S/c1-23(19,20)18-5-6-21-11-14(10-18)7-12(9-22-14)8-17-13-15-3-2-4-16-13/h2-4,12H,5-11H2,1H3,(H,15,16,17)/t12-,14-/m1/s1. The Morgan fingerprint density at radius 1 is 1.43 bits per heavy atom. The Morgan fingerprint density at radius 2 is 2.22 bits per heavy atom. The molecule has 1 spiro atoms. The summed E-state index contributed by atoms with van der Waals surface area (Å²) in [7, 11) is -3.25. The van der Waals surface area contributed by atoms with Gasteiger partial charge in [-0.3, -0.25) is 0 Å². The van der Waals surface area contributed by atoms with Crippen LogP contribution in [0.3, 0.4) is 0 Å². The quantitative estimate of drug-likeness (QED) is 0.820. The molecule has 0 aliphatic carbocycles. The summed E-state index contributed by atoms with van der Waals surface area (Å²) >= 11 is 0. The Hall–Kier alpha value is -1.29. The zero-order valence-corrected chi connectivity index (χ0v) is 14.0. The number of sulfonamides is 1. The number of nitrogens with zero attached hydrogens (tertiary/aromatic N) is 3. The molecule has 128 valence electrons. The van der Waals surface area contributed by atoms with Gasteiger partial charge in [0.2, 0.25) is 16.0 Å². The molecule has 1 aromatic heterocycles. The molecule has 2 aliphatic heterocycles. The number of rotatable bonds is 4. The highest BCUT2D eigenvalue weighted by Gasteiger charge is 2.44. The molecule has 3 rings (SSSR count). The van der Waals surface area contributed by atoms with E-state index in [-0.39, 0.29) is 5.92 Å². The van der Waals surface area contributed by atoms with E-state index in [0.717, 1.165) is 6.42 Å². The summed E-state index contributed by atoms with van der Waals surface area (Å²) in [6.45, 7) is 2.82. The van der Waals surface area contributed by atoms with E-state index in [2.05, 4.69) is 15.3 Å². The molecular weight excluding hydrogens is 320 g/mol. The van der Waals surface area contributed by atoms with E-state index >= 15 is 0 Å². The van der Waals surface area contributed by atoms with Crippen molar-refractivity contribution in [1.82, 2.24) is 14.3 Å². The first kappa shape index (κ1) is 16.6. The van der Waals surface area contributed by atoms with Crippen LogP contribution in [0.25, 0.3) is 0 Å². The molecule has 8 nitrogen and oxygen atoms in total. The van der Waals surface area contributed by atoms with E-state index < -0.39 is 15.6 Å². The average molecular weight is 342 g/mol. The summed E-state index contributed by atoms with van der Waals surface area (Å²) in [5, 5.41) is 3.19. The van der Waals surface area contributed by atoms with Gasteiger partial charge in [-0.05, 0) is 12.5 Å². The average Bonchev–Trinajstić information content (AvgIpc) is 2.78. The maximum absolute atomic E-state index is 11.9. The first-order valence-electron chi connectivity index (χ1n) is 7.65. The minimum Gasteiger partial charge on any atom is -0.377 e. The number of ether oxygens (including phenoxy) is 2. The molecule has 2 fully saturated rings. The Bertz CT molecular complexity index is 627. The summed E-state index contributed by atoms with van der Waals surface area (Å²) in [4.78, 5) is 8.26. The highest BCUT2D eigenvalue weighted by atomic mass is 32.2. The lowest BCUT2D eigenvalue weighted by Crippen LogP contribution is -2.46. The van der Waals surface area contributed by atoms with Crippen LogP contribution in [0.15, 0.2) is 18.5 Å². The third-order valence-corrected chi connectivity index (χ3v) is 5.43. The Kier molecular flexibility index (Phi) is 4.81. The molecule has 0 radical (unpaired) electrons. The lowest BCUT2D eigenvalue weighted by molar-refractivity contribution is -0.0511. The molecule has 0 unspecified atom stereocenters. The third-order valence-electron chi connectivity index (χ3n) is 4.18. The minimum atomic E-state index is -3.25. The number of aromatic nitrogens is 2. The lowest BCUT2D eigenvalue weighted by Gasteiger charge is -2.29. The van der Waals surface area contributed by atoms with Crippen LogP contribution in [0.5, 0.6) is 0 Å². The highest BCUT2D eigenvalue weighted by Crippen LogP contribution is 2.33. The fourth-order valence-corrected chi connectivity index (χ4v) is 3.94. The number of hydrogen-bond acceptors (Lipinski definition) is 7. The topological polar surface area (TPSA) is 93.7 Å². The zero-order chi connectivity index (χ0) is 16.3. The maximum atomic E-state index is 11.9. The fraction of sp³-hybridized carbons (Fsp3) is 0.714. The van der Waals surface area contributed by atoms with E-state index in [1.165, 1.54) is 10.6 Å². The van der Waals surface area contributed by atoms with Crippen LogP contribution in [0, 0.1) is 5.92 Å². The van der Waals surface area contributed by atoms with Crippen molar-refractivity contribution in [2.75, 3.05) is 51.0 Å². The molecule has 0 bridgehead atoms. The zero-order valence-electron chi connectivity index (χ0n) is 13.1. The fourth-order valence-electron chi connectivity index (χ4n) is 3.06. The van der Waals surface area contributed by atoms with Crippen LogP contribution in [-0.4, -0.2) is 74.0 Å². The summed E-state index contributed by atoms with van der Waals surface area (Å²) in [5.41, 5.74) is -0.552. The molecule has 23 heavy (non-hydrogen) atoms. The largest absolute Gasteiger partial charge is 0.377 e. The van der Waals surface area contributed by atoms with Crippen molar-refractivity contribution in [1.29, 1.82) is 0 Å². The van der Waals surface area contributed by atoms with Crippen molar-refractivity contribution >= 4 is 16.0 Å². The second kappa shape index (κ2) is 6.68. The number of anilines is 1. The van der Waals surface area contributed by atoms with Gasteiger partial charge in [0, 0.05) is 37.9 Å². The summed E-state index contributed by atoms with van der Waals surface area (Å²) in [6.07, 6.45) is 5.35. The first-order chi connectivity index (χ1) is 11.0. The molecule has 0 amide bonds. The molecule has 2 aliphatic rings. The van der Waals surface area contributed by atoms with E-state index in [9.17, 15) is 8.42 Å². The van der Waals surface area contributed by atoms with Gasteiger partial charge in [-0.15, -0.1) is 0 Å². The normalized spacial score (nSPS) is 29.5. The van der Waals surface area contributed by atoms with E-state index in [1.54, 1.807) is 18.5 Å². The molecule has 1 N–H and O–H groups in total. The highest BCUT2D eigenvalue weighted by molar-refractivity contribution is 7.88. The van der Waals surface area contributed by atoms with Crippen LogP contribution in [0.1, 0.15) is 6.42 Å². The van der Waals surface area contributed by atoms with Crippen molar-refractivity contribution in [3.8, 4) is 0 Å². The molecule has 3 heterocycles. The second-order valence-corrected chi connectivity index (χ2v) is 8.15. The van der Waals surface area contributed by atoms with Crippen molar-refractivity contribution in [2.24, 2.45) is 5.92 Å². The van der Waals surface area contributed by atoms with Crippen molar-refractivity contribution in [2.45, 2.75) is 12.0 Å². The minimum absolute atomic E-state index is 0.266. The van der Waals surface area contributed by atoms with Gasteiger partial charge in [0.05, 0.1) is 26.1 Å². The van der Waals surface area contributed by atoms with Gasteiger partial charge in [-0.25, -0.2) is 18.4 Å². The molecular formula is C14H22N4O4S. The molecule has 9 heteroatoms. The Morgan fingerprint density at radius 3 is 2.96 bits per heavy atom. The second-order valence-electron chi connectivity index (χ2n) is 6.17. The van der Waals surface area contributed by atoms with Gasteiger partial charge >= 0.3 is 0 Å². The van der Waals surface area contributed by atoms with Gasteiger partial charge in [0.1, 0.15) is 5.60 Å². The number of nitrogens with one attached hydrogen (secondary N) is 1. The predicted octanol–water partition coefficient (Wildman–Crippen LogP) is -0.0444.